The summed E-state index contributed by atoms with van der Waals surface area (Å²) in [4.78, 5) is 38.1. The van der Waals surface area contributed by atoms with E-state index < -0.39 is 42.0 Å². The van der Waals surface area contributed by atoms with Crippen molar-refractivity contribution in [3.63, 3.8) is 0 Å². The van der Waals surface area contributed by atoms with Crippen molar-refractivity contribution in [1.82, 2.24) is 0 Å². The van der Waals surface area contributed by atoms with Crippen LogP contribution in [0.25, 0.3) is 0 Å². The summed E-state index contributed by atoms with van der Waals surface area (Å²) < 4.78 is 22.2. The second-order valence-corrected chi connectivity index (χ2v) is 8.12. The van der Waals surface area contributed by atoms with Gasteiger partial charge in [-0.2, -0.15) is 0 Å². The van der Waals surface area contributed by atoms with Gasteiger partial charge < -0.3 is 24.1 Å². The van der Waals surface area contributed by atoms with Crippen LogP contribution in [-0.2, 0) is 18.9 Å². The highest BCUT2D eigenvalue weighted by Crippen LogP contribution is 2.37. The first-order valence-corrected chi connectivity index (χ1v) is 11.0. The molecule has 0 aromatic heterocycles. The van der Waals surface area contributed by atoms with Crippen molar-refractivity contribution in [3.8, 4) is 0 Å². The van der Waals surface area contributed by atoms with Crippen molar-refractivity contribution < 1.29 is 38.4 Å². The molecule has 1 aliphatic heterocycles. The SMILES string of the molecule is C[C@@]1(OC(=O)c2ccccc2)C(O)O[C@H](COC(=O)c2ccccc2)C1OC(=O)c1ccccc1. The monoisotopic (exact) mass is 476 g/mol. The molecule has 1 saturated heterocycles. The molecule has 0 aliphatic carbocycles. The number of esters is 3. The average molecular weight is 476 g/mol. The predicted octanol–water partition coefficient (Wildman–Crippen LogP) is 3.40. The van der Waals surface area contributed by atoms with Gasteiger partial charge in [-0.15, -0.1) is 0 Å². The number of carbonyl (C=O) groups is 3. The van der Waals surface area contributed by atoms with Gasteiger partial charge in [0.1, 0.15) is 12.7 Å². The normalized spacial score (nSPS) is 23.3. The van der Waals surface area contributed by atoms with Crippen LogP contribution >= 0.6 is 0 Å². The Bertz CT molecular complexity index is 1170. The molecule has 3 aromatic rings. The lowest BCUT2D eigenvalue weighted by Gasteiger charge is -2.32. The van der Waals surface area contributed by atoms with E-state index in [1.165, 1.54) is 6.92 Å². The summed E-state index contributed by atoms with van der Waals surface area (Å²) in [6.07, 6.45) is -4.02. The molecule has 2 unspecified atom stereocenters. The summed E-state index contributed by atoms with van der Waals surface area (Å²) >= 11 is 0. The lowest BCUT2D eigenvalue weighted by atomic mass is 9.96. The van der Waals surface area contributed by atoms with Gasteiger partial charge in [0.2, 0.25) is 0 Å². The first-order chi connectivity index (χ1) is 16.9. The number of carbonyl (C=O) groups excluding carboxylic acids is 3. The average Bonchev–Trinajstić information content (AvgIpc) is 3.12. The van der Waals surface area contributed by atoms with Crippen LogP contribution in [0.4, 0.5) is 0 Å². The van der Waals surface area contributed by atoms with E-state index in [1.54, 1.807) is 91.0 Å². The van der Waals surface area contributed by atoms with E-state index in [1.807, 2.05) is 0 Å². The van der Waals surface area contributed by atoms with Gasteiger partial charge in [0.05, 0.1) is 16.7 Å². The molecule has 8 nitrogen and oxygen atoms in total. The van der Waals surface area contributed by atoms with E-state index in [2.05, 4.69) is 0 Å². The second-order valence-electron chi connectivity index (χ2n) is 8.12. The molecule has 0 radical (unpaired) electrons. The van der Waals surface area contributed by atoms with Crippen LogP contribution in [0.3, 0.4) is 0 Å². The largest absolute Gasteiger partial charge is 0.459 e. The van der Waals surface area contributed by atoms with E-state index in [9.17, 15) is 19.5 Å². The van der Waals surface area contributed by atoms with E-state index in [-0.39, 0.29) is 17.7 Å². The topological polar surface area (TPSA) is 108 Å². The molecule has 1 heterocycles. The molecular formula is C27H24O8. The number of aliphatic hydroxyl groups is 1. The van der Waals surface area contributed by atoms with Crippen molar-refractivity contribution in [3.05, 3.63) is 108 Å². The van der Waals surface area contributed by atoms with Crippen molar-refractivity contribution >= 4 is 17.9 Å². The van der Waals surface area contributed by atoms with Crippen LogP contribution in [0.15, 0.2) is 91.0 Å². The Hall–Kier alpha value is -4.01. The molecule has 1 aliphatic rings. The standard InChI is InChI=1S/C27H24O8/c1-27(35-25(30)20-15-9-4-10-16-20)22(34-24(29)19-13-7-3-8-14-19)21(33-26(27)31)17-32-23(28)18-11-5-2-6-12-18/h2-16,21-22,26,31H,17H2,1H3/t21-,22?,26?,27+/m1/s1. The van der Waals surface area contributed by atoms with Gasteiger partial charge in [0.15, 0.2) is 18.0 Å². The second kappa shape index (κ2) is 10.5. The maximum absolute atomic E-state index is 12.8. The molecule has 3 aromatic carbocycles. The van der Waals surface area contributed by atoms with Crippen LogP contribution in [0.1, 0.15) is 38.0 Å². The van der Waals surface area contributed by atoms with Crippen LogP contribution in [-0.4, -0.2) is 53.7 Å². The van der Waals surface area contributed by atoms with Crippen molar-refractivity contribution in [2.45, 2.75) is 31.0 Å². The number of hydrogen-bond donors (Lipinski definition) is 1. The van der Waals surface area contributed by atoms with Crippen LogP contribution in [0.5, 0.6) is 0 Å². The summed E-state index contributed by atoms with van der Waals surface area (Å²) in [7, 11) is 0. The molecule has 1 N–H and O–H groups in total. The molecule has 35 heavy (non-hydrogen) atoms. The summed E-state index contributed by atoms with van der Waals surface area (Å²) in [6.45, 7) is 1.05. The Morgan fingerprint density at radius 1 is 0.771 bits per heavy atom. The minimum absolute atomic E-state index is 0.244. The van der Waals surface area contributed by atoms with Gasteiger partial charge in [-0.25, -0.2) is 14.4 Å². The minimum Gasteiger partial charge on any atom is -0.459 e. The van der Waals surface area contributed by atoms with Crippen molar-refractivity contribution in [2.75, 3.05) is 6.61 Å². The third-order valence-corrected chi connectivity index (χ3v) is 5.65. The summed E-state index contributed by atoms with van der Waals surface area (Å²) in [5.74, 6) is -2.07. The minimum atomic E-state index is -1.78. The first kappa shape index (κ1) is 24.1. The third kappa shape index (κ3) is 5.40. The molecule has 0 bridgehead atoms. The summed E-state index contributed by atoms with van der Waals surface area (Å²) in [5, 5.41) is 10.7. The fraction of sp³-hybridized carbons (Fsp3) is 0.222. The maximum atomic E-state index is 12.8. The molecule has 4 rings (SSSR count). The lowest BCUT2D eigenvalue weighted by molar-refractivity contribution is -0.172. The van der Waals surface area contributed by atoms with Gasteiger partial charge in [-0.1, -0.05) is 54.6 Å². The van der Waals surface area contributed by atoms with E-state index >= 15 is 0 Å². The Kier molecular flexibility index (Phi) is 7.24. The fourth-order valence-corrected chi connectivity index (χ4v) is 3.72. The van der Waals surface area contributed by atoms with Crippen LogP contribution < -0.4 is 0 Å². The molecule has 0 saturated carbocycles. The smallest absolute Gasteiger partial charge is 0.338 e. The summed E-state index contributed by atoms with van der Waals surface area (Å²) in [6, 6.07) is 24.7. The number of rotatable bonds is 7. The zero-order valence-electron chi connectivity index (χ0n) is 18.9. The van der Waals surface area contributed by atoms with Crippen molar-refractivity contribution in [2.24, 2.45) is 0 Å². The zero-order chi connectivity index (χ0) is 24.8. The third-order valence-electron chi connectivity index (χ3n) is 5.65. The zero-order valence-corrected chi connectivity index (χ0v) is 18.9. The summed E-state index contributed by atoms with van der Waals surface area (Å²) in [5.41, 5.74) is -0.956. The quantitative estimate of drug-likeness (QED) is 0.408. The van der Waals surface area contributed by atoms with Gasteiger partial charge in [-0.05, 0) is 43.3 Å². The number of benzene rings is 3. The molecule has 1 fully saturated rings. The lowest BCUT2D eigenvalue weighted by Crippen LogP contribution is -2.52. The van der Waals surface area contributed by atoms with Crippen molar-refractivity contribution in [1.29, 1.82) is 0 Å². The van der Waals surface area contributed by atoms with E-state index in [0.717, 1.165) is 0 Å². The van der Waals surface area contributed by atoms with Gasteiger partial charge >= 0.3 is 17.9 Å². The van der Waals surface area contributed by atoms with Gasteiger partial charge in [0, 0.05) is 0 Å². The van der Waals surface area contributed by atoms with E-state index in [4.69, 9.17) is 18.9 Å². The highest BCUT2D eigenvalue weighted by Gasteiger charge is 2.59. The number of aliphatic hydroxyl groups excluding tert-OH is 1. The Labute approximate surface area is 202 Å². The Morgan fingerprint density at radius 3 is 1.74 bits per heavy atom. The molecule has 180 valence electrons. The molecule has 0 amide bonds. The predicted molar refractivity (Wildman–Crippen MR) is 124 cm³/mol. The Morgan fingerprint density at radius 2 is 1.23 bits per heavy atom. The first-order valence-electron chi connectivity index (χ1n) is 11.0. The molecule has 8 heteroatoms. The van der Waals surface area contributed by atoms with Crippen LogP contribution in [0, 0.1) is 0 Å². The molecule has 4 atom stereocenters. The van der Waals surface area contributed by atoms with Gasteiger partial charge in [0.25, 0.3) is 0 Å². The van der Waals surface area contributed by atoms with E-state index in [0.29, 0.717) is 5.56 Å². The molecule has 0 spiro atoms. The molecular weight excluding hydrogens is 452 g/mol. The maximum Gasteiger partial charge on any atom is 0.338 e. The Balaban J connectivity index is 1.56. The number of hydrogen-bond acceptors (Lipinski definition) is 8. The highest BCUT2D eigenvalue weighted by molar-refractivity contribution is 5.91. The van der Waals surface area contributed by atoms with Crippen LogP contribution in [0.2, 0.25) is 0 Å². The van der Waals surface area contributed by atoms with Gasteiger partial charge in [-0.3, -0.25) is 0 Å². The highest BCUT2D eigenvalue weighted by atomic mass is 16.7. The number of ether oxygens (including phenoxy) is 4. The fourth-order valence-electron chi connectivity index (χ4n) is 3.72.